The fourth-order valence-corrected chi connectivity index (χ4v) is 3.18. The Morgan fingerprint density at radius 2 is 2.08 bits per heavy atom. The van der Waals surface area contributed by atoms with Crippen LogP contribution in [0.5, 0.6) is 0 Å². The number of carbonyl (C=O) groups excluding carboxylic acids is 2. The first-order valence-electron chi connectivity index (χ1n) is 8.89. The lowest BCUT2D eigenvalue weighted by atomic mass is 10.2. The summed E-state index contributed by atoms with van der Waals surface area (Å²) >= 11 is 6.22. The molecule has 0 aromatic heterocycles. The highest BCUT2D eigenvalue weighted by Gasteiger charge is 2.20. The number of methoxy groups -OCH3 is 1. The van der Waals surface area contributed by atoms with Crippen LogP contribution in [0.2, 0.25) is 5.02 Å². The third-order valence-corrected chi connectivity index (χ3v) is 4.87. The first kappa shape index (κ1) is 19.7. The van der Waals surface area contributed by atoms with Gasteiger partial charge < -0.3 is 14.5 Å². The van der Waals surface area contributed by atoms with Gasteiger partial charge in [-0.2, -0.15) is 0 Å². The number of benzene rings is 1. The van der Waals surface area contributed by atoms with E-state index in [1.807, 2.05) is 29.2 Å². The highest BCUT2D eigenvalue weighted by Crippen LogP contribution is 2.18. The van der Waals surface area contributed by atoms with Gasteiger partial charge in [-0.1, -0.05) is 36.2 Å². The molecule has 2 rings (SSSR count). The molecule has 0 N–H and O–H groups in total. The third-order valence-electron chi connectivity index (χ3n) is 4.50. The molecule has 0 unspecified atom stereocenters. The van der Waals surface area contributed by atoms with Gasteiger partial charge in [0.05, 0.1) is 6.61 Å². The van der Waals surface area contributed by atoms with Crippen molar-refractivity contribution in [1.29, 1.82) is 0 Å². The van der Waals surface area contributed by atoms with Crippen molar-refractivity contribution in [2.24, 2.45) is 0 Å². The fourth-order valence-electron chi connectivity index (χ4n) is 2.99. The molecule has 1 heterocycles. The molecule has 1 fully saturated rings. The zero-order valence-electron chi connectivity index (χ0n) is 14.9. The van der Waals surface area contributed by atoms with Crippen molar-refractivity contribution in [1.82, 2.24) is 9.80 Å². The summed E-state index contributed by atoms with van der Waals surface area (Å²) in [6, 6.07) is 7.54. The van der Waals surface area contributed by atoms with Gasteiger partial charge in [-0.15, -0.1) is 0 Å². The predicted molar refractivity (Wildman–Crippen MR) is 98.4 cm³/mol. The van der Waals surface area contributed by atoms with Crippen LogP contribution < -0.4 is 0 Å². The maximum atomic E-state index is 12.7. The second-order valence-electron chi connectivity index (χ2n) is 6.34. The highest BCUT2D eigenvalue weighted by atomic mass is 35.5. The van der Waals surface area contributed by atoms with Crippen LogP contribution >= 0.6 is 11.6 Å². The lowest BCUT2D eigenvalue weighted by Crippen LogP contribution is -2.38. The first-order valence-corrected chi connectivity index (χ1v) is 9.27. The van der Waals surface area contributed by atoms with E-state index < -0.39 is 0 Å². The first-order chi connectivity index (χ1) is 12.1. The highest BCUT2D eigenvalue weighted by molar-refractivity contribution is 6.31. The van der Waals surface area contributed by atoms with E-state index in [0.29, 0.717) is 44.1 Å². The second kappa shape index (κ2) is 10.4. The number of nitrogens with zero attached hydrogens (tertiary/aromatic N) is 2. The Bertz CT molecular complexity index is 580. The molecule has 0 spiro atoms. The lowest BCUT2D eigenvalue weighted by Gasteiger charge is -2.25. The molecule has 0 radical (unpaired) electrons. The third kappa shape index (κ3) is 6.33. The Labute approximate surface area is 154 Å². The zero-order chi connectivity index (χ0) is 18.1. The summed E-state index contributed by atoms with van der Waals surface area (Å²) < 4.78 is 5.13. The van der Waals surface area contributed by atoms with E-state index in [1.54, 1.807) is 12.0 Å². The minimum Gasteiger partial charge on any atom is -0.383 e. The van der Waals surface area contributed by atoms with Crippen molar-refractivity contribution in [3.8, 4) is 0 Å². The molecule has 25 heavy (non-hydrogen) atoms. The summed E-state index contributed by atoms with van der Waals surface area (Å²) in [4.78, 5) is 28.3. The van der Waals surface area contributed by atoms with Gasteiger partial charge in [0.15, 0.2) is 0 Å². The van der Waals surface area contributed by atoms with E-state index in [-0.39, 0.29) is 11.8 Å². The Kier molecular flexibility index (Phi) is 8.22. The summed E-state index contributed by atoms with van der Waals surface area (Å²) in [6.07, 6.45) is 3.99. The average molecular weight is 367 g/mol. The maximum Gasteiger partial charge on any atom is 0.224 e. The van der Waals surface area contributed by atoms with Gasteiger partial charge in [-0.25, -0.2) is 0 Å². The number of halogens is 1. The molecule has 1 aliphatic rings. The minimum atomic E-state index is 0.0222. The van der Waals surface area contributed by atoms with Gasteiger partial charge in [0.2, 0.25) is 11.8 Å². The normalized spacial score (nSPS) is 15.1. The van der Waals surface area contributed by atoms with Crippen molar-refractivity contribution >= 4 is 23.4 Å². The molecule has 5 nitrogen and oxygen atoms in total. The molecule has 2 amide bonds. The van der Waals surface area contributed by atoms with Crippen molar-refractivity contribution in [3.05, 3.63) is 34.9 Å². The summed E-state index contributed by atoms with van der Waals surface area (Å²) in [5.41, 5.74) is 0.916. The lowest BCUT2D eigenvalue weighted by molar-refractivity contribution is -0.135. The molecule has 0 atom stereocenters. The molecule has 6 heteroatoms. The van der Waals surface area contributed by atoms with Gasteiger partial charge in [0, 0.05) is 51.2 Å². The van der Waals surface area contributed by atoms with Crippen molar-refractivity contribution < 1.29 is 14.3 Å². The SMILES string of the molecule is COCCN(Cc1ccccc1Cl)C(=O)CCN1CCCCCC1=O. The molecule has 0 saturated carbocycles. The quantitative estimate of drug-likeness (QED) is 0.710. The topological polar surface area (TPSA) is 49.9 Å². The summed E-state index contributed by atoms with van der Waals surface area (Å²) in [7, 11) is 1.62. The molecule has 138 valence electrons. The molecule has 1 saturated heterocycles. The van der Waals surface area contributed by atoms with Crippen LogP contribution in [0.1, 0.15) is 37.7 Å². The number of rotatable bonds is 8. The van der Waals surface area contributed by atoms with Gasteiger partial charge in [-0.05, 0) is 24.5 Å². The number of likely N-dealkylation sites (tertiary alicyclic amines) is 1. The maximum absolute atomic E-state index is 12.7. The van der Waals surface area contributed by atoms with E-state index >= 15 is 0 Å². The zero-order valence-corrected chi connectivity index (χ0v) is 15.6. The number of carbonyl (C=O) groups is 2. The number of ether oxygens (including phenoxy) is 1. The largest absolute Gasteiger partial charge is 0.383 e. The number of amides is 2. The van der Waals surface area contributed by atoms with Crippen molar-refractivity contribution in [2.45, 2.75) is 38.6 Å². The standard InChI is InChI=1S/C19H27ClN2O3/c1-25-14-13-22(15-16-7-4-5-8-17(16)20)19(24)10-12-21-11-6-2-3-9-18(21)23/h4-5,7-8H,2-3,6,9-15H2,1H3. The Balaban J connectivity index is 1.95. The van der Waals surface area contributed by atoms with E-state index in [0.717, 1.165) is 31.4 Å². The predicted octanol–water partition coefficient (Wildman–Crippen LogP) is 3.11. The molecule has 0 bridgehead atoms. The Morgan fingerprint density at radius 1 is 1.28 bits per heavy atom. The van der Waals surface area contributed by atoms with Crippen LogP contribution in [0.25, 0.3) is 0 Å². The van der Waals surface area contributed by atoms with Gasteiger partial charge >= 0.3 is 0 Å². The summed E-state index contributed by atoms with van der Waals surface area (Å²) in [5.74, 6) is 0.189. The van der Waals surface area contributed by atoms with Crippen LogP contribution in [-0.2, 0) is 20.9 Å². The summed E-state index contributed by atoms with van der Waals surface area (Å²) in [6.45, 7) is 2.68. The van der Waals surface area contributed by atoms with Gasteiger partial charge in [0.1, 0.15) is 0 Å². The number of hydrogen-bond donors (Lipinski definition) is 0. The van der Waals surface area contributed by atoms with Crippen LogP contribution in [-0.4, -0.2) is 55.0 Å². The van der Waals surface area contributed by atoms with E-state index in [4.69, 9.17) is 16.3 Å². The molecule has 1 aromatic rings. The minimum absolute atomic E-state index is 0.0222. The molecule has 0 aliphatic carbocycles. The smallest absolute Gasteiger partial charge is 0.224 e. The number of hydrogen-bond acceptors (Lipinski definition) is 3. The molecular formula is C19H27ClN2O3. The molecular weight excluding hydrogens is 340 g/mol. The Hall–Kier alpha value is -1.59. The fraction of sp³-hybridized carbons (Fsp3) is 0.579. The second-order valence-corrected chi connectivity index (χ2v) is 6.75. The molecule has 1 aliphatic heterocycles. The van der Waals surface area contributed by atoms with Crippen molar-refractivity contribution in [3.63, 3.8) is 0 Å². The molecule has 1 aromatic carbocycles. The van der Waals surface area contributed by atoms with E-state index in [9.17, 15) is 9.59 Å². The van der Waals surface area contributed by atoms with E-state index in [2.05, 4.69) is 0 Å². The van der Waals surface area contributed by atoms with Crippen LogP contribution in [0.3, 0.4) is 0 Å². The monoisotopic (exact) mass is 366 g/mol. The van der Waals surface area contributed by atoms with E-state index in [1.165, 1.54) is 0 Å². The van der Waals surface area contributed by atoms with Crippen LogP contribution in [0.15, 0.2) is 24.3 Å². The van der Waals surface area contributed by atoms with Gasteiger partial charge in [-0.3, -0.25) is 9.59 Å². The van der Waals surface area contributed by atoms with Crippen LogP contribution in [0, 0.1) is 0 Å². The van der Waals surface area contributed by atoms with Crippen LogP contribution in [0.4, 0.5) is 0 Å². The summed E-state index contributed by atoms with van der Waals surface area (Å²) in [5, 5.41) is 0.653. The Morgan fingerprint density at radius 3 is 2.84 bits per heavy atom. The van der Waals surface area contributed by atoms with Crippen molar-refractivity contribution in [2.75, 3.05) is 33.4 Å². The van der Waals surface area contributed by atoms with Gasteiger partial charge in [0.25, 0.3) is 0 Å². The average Bonchev–Trinajstić information content (AvgIpc) is 2.82.